The fourth-order valence-electron chi connectivity index (χ4n) is 1.67. The van der Waals surface area contributed by atoms with Crippen LogP contribution in [-0.2, 0) is 0 Å². The van der Waals surface area contributed by atoms with Gasteiger partial charge in [-0.1, -0.05) is 0 Å². The van der Waals surface area contributed by atoms with Crippen molar-refractivity contribution in [3.63, 3.8) is 0 Å². The Labute approximate surface area is 122 Å². The van der Waals surface area contributed by atoms with Crippen molar-refractivity contribution in [3.8, 4) is 12.3 Å². The van der Waals surface area contributed by atoms with Crippen molar-refractivity contribution in [1.29, 1.82) is 0 Å². The first-order valence-electron chi connectivity index (χ1n) is 6.29. The molecule has 0 aliphatic heterocycles. The van der Waals surface area contributed by atoms with E-state index in [9.17, 15) is 9.59 Å². The number of aryl methyl sites for hydroxylation is 1. The molecule has 0 atom stereocenters. The van der Waals surface area contributed by atoms with Gasteiger partial charge in [0.05, 0.1) is 5.56 Å². The molecular formula is C14H18N2O3S. The number of carboxylic acids is 1. The quantitative estimate of drug-likeness (QED) is 0.557. The Balaban J connectivity index is 2.56. The van der Waals surface area contributed by atoms with Crippen LogP contribution in [0.3, 0.4) is 0 Å². The Hall–Kier alpha value is -2.00. The van der Waals surface area contributed by atoms with Crippen LogP contribution < -0.4 is 10.6 Å². The number of aromatic carboxylic acids is 1. The third-order valence-corrected chi connectivity index (χ3v) is 3.98. The minimum Gasteiger partial charge on any atom is -0.478 e. The highest BCUT2D eigenvalue weighted by atomic mass is 32.1. The number of unbranched alkanes of at least 4 members (excludes halogenated alkanes) is 2. The highest BCUT2D eigenvalue weighted by Gasteiger charge is 2.19. The number of amides is 2. The van der Waals surface area contributed by atoms with E-state index >= 15 is 0 Å². The van der Waals surface area contributed by atoms with Crippen molar-refractivity contribution in [2.24, 2.45) is 0 Å². The summed E-state index contributed by atoms with van der Waals surface area (Å²) in [6.45, 7) is 4.08. The van der Waals surface area contributed by atoms with Crippen LogP contribution in [0.15, 0.2) is 0 Å². The zero-order valence-corrected chi connectivity index (χ0v) is 12.4. The monoisotopic (exact) mass is 294 g/mol. The van der Waals surface area contributed by atoms with Gasteiger partial charge in [0.1, 0.15) is 5.00 Å². The van der Waals surface area contributed by atoms with E-state index in [0.29, 0.717) is 23.5 Å². The molecule has 108 valence electrons. The maximum atomic E-state index is 11.7. The second-order valence-corrected chi connectivity index (χ2v) is 5.56. The Morgan fingerprint density at radius 3 is 2.65 bits per heavy atom. The van der Waals surface area contributed by atoms with Crippen molar-refractivity contribution in [1.82, 2.24) is 5.32 Å². The topological polar surface area (TPSA) is 78.4 Å². The third-order valence-electron chi connectivity index (χ3n) is 2.86. The van der Waals surface area contributed by atoms with Crippen LogP contribution in [0.1, 0.15) is 40.1 Å². The number of carboxylic acid groups (broad SMARTS) is 1. The van der Waals surface area contributed by atoms with E-state index in [1.165, 1.54) is 11.3 Å². The standard InChI is InChI=1S/C14H18N2O3S/c1-4-5-6-7-8-15-14(19)16-12-11(13(17)18)9(2)10(3)20-12/h1H,5-8H2,2-3H3,(H,17,18)(H2,15,16,19). The van der Waals surface area contributed by atoms with Gasteiger partial charge in [-0.3, -0.25) is 5.32 Å². The first-order valence-corrected chi connectivity index (χ1v) is 7.10. The lowest BCUT2D eigenvalue weighted by Crippen LogP contribution is -2.29. The molecule has 0 aromatic carbocycles. The average molecular weight is 294 g/mol. The highest BCUT2D eigenvalue weighted by Crippen LogP contribution is 2.32. The Bertz CT molecular complexity index is 543. The van der Waals surface area contributed by atoms with Gasteiger partial charge in [-0.25, -0.2) is 9.59 Å². The molecule has 1 rings (SSSR count). The molecule has 0 fully saturated rings. The molecule has 3 N–H and O–H groups in total. The fourth-order valence-corrected chi connectivity index (χ4v) is 2.72. The normalized spacial score (nSPS) is 9.85. The number of hydrogen-bond donors (Lipinski definition) is 3. The van der Waals surface area contributed by atoms with Crippen molar-refractivity contribution in [3.05, 3.63) is 16.0 Å². The van der Waals surface area contributed by atoms with Gasteiger partial charge in [0, 0.05) is 17.8 Å². The molecule has 0 aliphatic rings. The summed E-state index contributed by atoms with van der Waals surface area (Å²) < 4.78 is 0. The molecule has 0 aliphatic carbocycles. The van der Waals surface area contributed by atoms with Crippen molar-refractivity contribution in [2.45, 2.75) is 33.1 Å². The first kappa shape index (κ1) is 16.1. The molecule has 0 bridgehead atoms. The molecule has 0 spiro atoms. The fraction of sp³-hybridized carbons (Fsp3) is 0.429. The zero-order chi connectivity index (χ0) is 15.1. The minimum atomic E-state index is -1.03. The molecule has 0 saturated carbocycles. The predicted octanol–water partition coefficient (Wildman–Crippen LogP) is 2.99. The molecule has 5 nitrogen and oxygen atoms in total. The third kappa shape index (κ3) is 4.28. The summed E-state index contributed by atoms with van der Waals surface area (Å²) in [4.78, 5) is 23.8. The smallest absolute Gasteiger partial charge is 0.338 e. The van der Waals surface area contributed by atoms with Crippen molar-refractivity contribution < 1.29 is 14.7 Å². The second-order valence-electron chi connectivity index (χ2n) is 4.33. The molecule has 6 heteroatoms. The van der Waals surface area contributed by atoms with Gasteiger partial charge in [-0.2, -0.15) is 0 Å². The molecule has 1 aromatic rings. The van der Waals surface area contributed by atoms with Gasteiger partial charge in [0.15, 0.2) is 0 Å². The minimum absolute atomic E-state index is 0.162. The van der Waals surface area contributed by atoms with Gasteiger partial charge in [-0.15, -0.1) is 23.7 Å². The lowest BCUT2D eigenvalue weighted by Gasteiger charge is -2.06. The summed E-state index contributed by atoms with van der Waals surface area (Å²) in [5.74, 6) is 1.50. The van der Waals surface area contributed by atoms with Crippen LogP contribution in [-0.4, -0.2) is 23.7 Å². The lowest BCUT2D eigenvalue weighted by molar-refractivity contribution is 0.0697. The largest absolute Gasteiger partial charge is 0.478 e. The van der Waals surface area contributed by atoms with Crippen LogP contribution in [0, 0.1) is 26.2 Å². The summed E-state index contributed by atoms with van der Waals surface area (Å²) in [6, 6.07) is -0.394. The molecule has 1 aromatic heterocycles. The van der Waals surface area contributed by atoms with Crippen LogP contribution in [0.2, 0.25) is 0 Å². The number of hydrogen-bond acceptors (Lipinski definition) is 3. The second kappa shape index (κ2) is 7.56. The lowest BCUT2D eigenvalue weighted by atomic mass is 10.1. The number of urea groups is 1. The van der Waals surface area contributed by atoms with Gasteiger partial charge in [0.2, 0.25) is 0 Å². The van der Waals surface area contributed by atoms with Gasteiger partial charge >= 0.3 is 12.0 Å². The van der Waals surface area contributed by atoms with E-state index < -0.39 is 12.0 Å². The van der Waals surface area contributed by atoms with E-state index in [-0.39, 0.29) is 5.56 Å². The highest BCUT2D eigenvalue weighted by molar-refractivity contribution is 7.16. The number of carbonyl (C=O) groups is 2. The first-order chi connectivity index (χ1) is 9.47. The molecule has 1 heterocycles. The number of anilines is 1. The Morgan fingerprint density at radius 1 is 1.35 bits per heavy atom. The predicted molar refractivity (Wildman–Crippen MR) is 80.5 cm³/mol. The summed E-state index contributed by atoms with van der Waals surface area (Å²) >= 11 is 1.27. The maximum absolute atomic E-state index is 11.7. The maximum Gasteiger partial charge on any atom is 0.338 e. The van der Waals surface area contributed by atoms with E-state index in [4.69, 9.17) is 11.5 Å². The summed E-state index contributed by atoms with van der Waals surface area (Å²) in [5, 5.41) is 14.8. The van der Waals surface area contributed by atoms with Crippen LogP contribution in [0.5, 0.6) is 0 Å². The van der Waals surface area contributed by atoms with E-state index in [1.54, 1.807) is 6.92 Å². The molecular weight excluding hydrogens is 276 g/mol. The molecule has 2 amide bonds. The SMILES string of the molecule is C#CCCCCNC(=O)Nc1sc(C)c(C)c1C(=O)O. The summed E-state index contributed by atoms with van der Waals surface area (Å²) in [6.07, 6.45) is 7.47. The number of thiophene rings is 1. The molecule has 20 heavy (non-hydrogen) atoms. The number of carbonyl (C=O) groups excluding carboxylic acids is 1. The van der Waals surface area contributed by atoms with Crippen LogP contribution >= 0.6 is 11.3 Å². The number of terminal acetylenes is 1. The van der Waals surface area contributed by atoms with Crippen LogP contribution in [0.4, 0.5) is 9.80 Å². The van der Waals surface area contributed by atoms with E-state index in [2.05, 4.69) is 16.6 Å². The number of rotatable bonds is 6. The number of nitrogens with one attached hydrogen (secondary N) is 2. The van der Waals surface area contributed by atoms with E-state index in [1.807, 2.05) is 6.92 Å². The zero-order valence-electron chi connectivity index (χ0n) is 11.6. The van der Waals surface area contributed by atoms with Gasteiger partial charge < -0.3 is 10.4 Å². The summed E-state index contributed by atoms with van der Waals surface area (Å²) in [7, 11) is 0. The molecule has 0 radical (unpaired) electrons. The van der Waals surface area contributed by atoms with Crippen LogP contribution in [0.25, 0.3) is 0 Å². The van der Waals surface area contributed by atoms with Crippen molar-refractivity contribution in [2.75, 3.05) is 11.9 Å². The van der Waals surface area contributed by atoms with Crippen molar-refractivity contribution >= 4 is 28.3 Å². The average Bonchev–Trinajstić information content (AvgIpc) is 2.64. The van der Waals surface area contributed by atoms with Gasteiger partial charge in [-0.05, 0) is 32.3 Å². The molecule has 0 unspecified atom stereocenters. The Kier molecular flexibility index (Phi) is 6.07. The van der Waals surface area contributed by atoms with Gasteiger partial charge in [0.25, 0.3) is 0 Å². The molecule has 0 saturated heterocycles. The van der Waals surface area contributed by atoms with E-state index in [0.717, 1.165) is 17.7 Å². The Morgan fingerprint density at radius 2 is 2.05 bits per heavy atom. The summed E-state index contributed by atoms with van der Waals surface area (Å²) in [5.41, 5.74) is 0.849.